The smallest absolute Gasteiger partial charge is 0.320 e. The highest BCUT2D eigenvalue weighted by Gasteiger charge is 2.31. The molecule has 1 heterocycles. The summed E-state index contributed by atoms with van der Waals surface area (Å²) in [7, 11) is 1.88. The van der Waals surface area contributed by atoms with Gasteiger partial charge in [0.15, 0.2) is 0 Å². The second-order valence-electron chi connectivity index (χ2n) is 3.65. The van der Waals surface area contributed by atoms with E-state index < -0.39 is 11.7 Å². The highest BCUT2D eigenvalue weighted by atomic mass is 19.4. The van der Waals surface area contributed by atoms with E-state index in [-0.39, 0.29) is 0 Å². The first-order valence-electron chi connectivity index (χ1n) is 5.28. The van der Waals surface area contributed by atoms with E-state index >= 15 is 0 Å². The number of aromatic nitrogens is 2. The summed E-state index contributed by atoms with van der Waals surface area (Å²) in [5.74, 6) is 0. The molecular weight excluding hydrogens is 219 g/mol. The summed E-state index contributed by atoms with van der Waals surface area (Å²) in [5, 5.41) is 6.70. The number of aryl methyl sites for hydroxylation is 1. The standard InChI is InChI=1S/C10H16F3N3/c1-14-5-3-2-4-6-16-8-9(7-15-16)10(11,12)13/h7-8,14H,2-6H2,1H3. The molecule has 3 nitrogen and oxygen atoms in total. The second-order valence-corrected chi connectivity index (χ2v) is 3.65. The summed E-state index contributed by atoms with van der Waals surface area (Å²) in [6, 6.07) is 0. The van der Waals surface area contributed by atoms with Crippen molar-refractivity contribution in [3.63, 3.8) is 0 Å². The van der Waals surface area contributed by atoms with Gasteiger partial charge in [0, 0.05) is 12.7 Å². The average Bonchev–Trinajstić information content (AvgIpc) is 2.65. The Balaban J connectivity index is 2.30. The lowest BCUT2D eigenvalue weighted by atomic mass is 10.2. The van der Waals surface area contributed by atoms with Crippen LogP contribution >= 0.6 is 0 Å². The van der Waals surface area contributed by atoms with Gasteiger partial charge >= 0.3 is 6.18 Å². The van der Waals surface area contributed by atoms with Gasteiger partial charge in [0.05, 0.1) is 11.8 Å². The maximum atomic E-state index is 12.2. The molecule has 0 aliphatic heterocycles. The summed E-state index contributed by atoms with van der Waals surface area (Å²) in [6.07, 6.45) is 0.503. The van der Waals surface area contributed by atoms with Crippen LogP contribution in [0.4, 0.5) is 13.2 Å². The molecule has 1 aromatic heterocycles. The van der Waals surface area contributed by atoms with Crippen LogP contribution < -0.4 is 5.32 Å². The first kappa shape index (κ1) is 13.0. The number of hydrogen-bond donors (Lipinski definition) is 1. The van der Waals surface area contributed by atoms with Gasteiger partial charge in [-0.05, 0) is 26.4 Å². The first-order valence-corrected chi connectivity index (χ1v) is 5.28. The van der Waals surface area contributed by atoms with Gasteiger partial charge in [0.25, 0.3) is 0 Å². The van der Waals surface area contributed by atoms with Crippen molar-refractivity contribution in [3.8, 4) is 0 Å². The Morgan fingerprint density at radius 2 is 2.06 bits per heavy atom. The van der Waals surface area contributed by atoms with Crippen molar-refractivity contribution in [1.29, 1.82) is 0 Å². The zero-order valence-electron chi connectivity index (χ0n) is 9.22. The fraction of sp³-hybridized carbons (Fsp3) is 0.700. The SMILES string of the molecule is CNCCCCCn1cc(C(F)(F)F)cn1. The number of alkyl halides is 3. The zero-order chi connectivity index (χ0) is 12.0. The molecule has 1 N–H and O–H groups in total. The molecule has 0 fully saturated rings. The molecule has 92 valence electrons. The Kier molecular flexibility index (Phi) is 4.79. The predicted molar refractivity (Wildman–Crippen MR) is 55.0 cm³/mol. The lowest BCUT2D eigenvalue weighted by molar-refractivity contribution is -0.137. The van der Waals surface area contributed by atoms with E-state index in [9.17, 15) is 13.2 Å². The van der Waals surface area contributed by atoms with Crippen molar-refractivity contribution < 1.29 is 13.2 Å². The fourth-order valence-electron chi connectivity index (χ4n) is 1.38. The molecule has 0 aliphatic carbocycles. The van der Waals surface area contributed by atoms with Gasteiger partial charge in [-0.1, -0.05) is 6.42 Å². The number of nitrogens with one attached hydrogen (secondary N) is 1. The van der Waals surface area contributed by atoms with Crippen molar-refractivity contribution in [2.45, 2.75) is 32.0 Å². The Hall–Kier alpha value is -1.04. The molecular formula is C10H16F3N3. The maximum absolute atomic E-state index is 12.2. The van der Waals surface area contributed by atoms with Crippen LogP contribution in [-0.4, -0.2) is 23.4 Å². The van der Waals surface area contributed by atoms with Crippen LogP contribution in [0.25, 0.3) is 0 Å². The lowest BCUT2D eigenvalue weighted by Crippen LogP contribution is -2.08. The van der Waals surface area contributed by atoms with Gasteiger partial charge in [0.1, 0.15) is 0 Å². The van der Waals surface area contributed by atoms with E-state index in [2.05, 4.69) is 10.4 Å². The summed E-state index contributed by atoms with van der Waals surface area (Å²) >= 11 is 0. The highest BCUT2D eigenvalue weighted by Crippen LogP contribution is 2.28. The van der Waals surface area contributed by atoms with Gasteiger partial charge in [0.2, 0.25) is 0 Å². The fourth-order valence-corrected chi connectivity index (χ4v) is 1.38. The normalized spacial score (nSPS) is 12.0. The molecule has 16 heavy (non-hydrogen) atoms. The van der Waals surface area contributed by atoms with E-state index in [1.54, 1.807) is 0 Å². The van der Waals surface area contributed by atoms with Crippen LogP contribution in [0.2, 0.25) is 0 Å². The van der Waals surface area contributed by atoms with Crippen LogP contribution in [0.1, 0.15) is 24.8 Å². The molecule has 6 heteroatoms. The predicted octanol–water partition coefficient (Wildman–Crippen LogP) is 2.29. The minimum atomic E-state index is -4.29. The Morgan fingerprint density at radius 3 is 2.62 bits per heavy atom. The molecule has 1 rings (SSSR count). The molecule has 0 unspecified atom stereocenters. The van der Waals surface area contributed by atoms with Crippen LogP contribution in [0, 0.1) is 0 Å². The minimum Gasteiger partial charge on any atom is -0.320 e. The van der Waals surface area contributed by atoms with Crippen molar-refractivity contribution in [3.05, 3.63) is 18.0 Å². The summed E-state index contributed by atoms with van der Waals surface area (Å²) < 4.78 is 38.0. The molecule has 0 aromatic carbocycles. The molecule has 1 aromatic rings. The number of nitrogens with zero attached hydrogens (tertiary/aromatic N) is 2. The third kappa shape index (κ3) is 4.22. The maximum Gasteiger partial charge on any atom is 0.419 e. The third-order valence-corrected chi connectivity index (χ3v) is 2.27. The molecule has 0 bridgehead atoms. The minimum absolute atomic E-state index is 0.541. The van der Waals surface area contributed by atoms with E-state index in [4.69, 9.17) is 0 Å². The van der Waals surface area contributed by atoms with Crippen LogP contribution in [0.5, 0.6) is 0 Å². The molecule has 0 aliphatic rings. The van der Waals surface area contributed by atoms with Gasteiger partial charge in [-0.25, -0.2) is 0 Å². The highest BCUT2D eigenvalue weighted by molar-refractivity contribution is 5.08. The molecule has 0 atom stereocenters. The average molecular weight is 235 g/mol. The van der Waals surface area contributed by atoms with E-state index in [0.717, 1.165) is 38.2 Å². The van der Waals surface area contributed by atoms with Gasteiger partial charge in [-0.15, -0.1) is 0 Å². The molecule has 0 radical (unpaired) electrons. The molecule has 0 spiro atoms. The second kappa shape index (κ2) is 5.89. The number of rotatable bonds is 6. The first-order chi connectivity index (χ1) is 7.54. The van der Waals surface area contributed by atoms with Crippen LogP contribution in [0.3, 0.4) is 0 Å². The number of halogens is 3. The molecule has 0 saturated heterocycles. The van der Waals surface area contributed by atoms with Gasteiger partial charge in [-0.2, -0.15) is 18.3 Å². The van der Waals surface area contributed by atoms with Crippen LogP contribution in [-0.2, 0) is 12.7 Å². The molecule has 0 amide bonds. The largest absolute Gasteiger partial charge is 0.419 e. The monoisotopic (exact) mass is 235 g/mol. The van der Waals surface area contributed by atoms with Crippen molar-refractivity contribution >= 4 is 0 Å². The summed E-state index contributed by atoms with van der Waals surface area (Å²) in [4.78, 5) is 0. The quantitative estimate of drug-likeness (QED) is 0.767. The Labute approximate surface area is 92.6 Å². The van der Waals surface area contributed by atoms with E-state index in [1.807, 2.05) is 7.05 Å². The number of unbranched alkanes of at least 4 members (excludes halogenated alkanes) is 2. The molecule has 0 saturated carbocycles. The number of hydrogen-bond acceptors (Lipinski definition) is 2. The van der Waals surface area contributed by atoms with Crippen LogP contribution in [0.15, 0.2) is 12.4 Å². The Morgan fingerprint density at radius 1 is 1.31 bits per heavy atom. The third-order valence-electron chi connectivity index (χ3n) is 2.27. The van der Waals surface area contributed by atoms with E-state index in [0.29, 0.717) is 6.54 Å². The van der Waals surface area contributed by atoms with Crippen molar-refractivity contribution in [2.75, 3.05) is 13.6 Å². The van der Waals surface area contributed by atoms with E-state index in [1.165, 1.54) is 4.68 Å². The van der Waals surface area contributed by atoms with Gasteiger partial charge in [-0.3, -0.25) is 4.68 Å². The lowest BCUT2D eigenvalue weighted by Gasteiger charge is -2.02. The zero-order valence-corrected chi connectivity index (χ0v) is 9.22. The van der Waals surface area contributed by atoms with Gasteiger partial charge < -0.3 is 5.32 Å². The van der Waals surface area contributed by atoms with Crippen molar-refractivity contribution in [1.82, 2.24) is 15.1 Å². The Bertz CT molecular complexity index is 307. The summed E-state index contributed by atoms with van der Waals surface area (Å²) in [5.41, 5.74) is -0.678. The van der Waals surface area contributed by atoms with Crippen molar-refractivity contribution in [2.24, 2.45) is 0 Å². The topological polar surface area (TPSA) is 29.9 Å². The summed E-state index contributed by atoms with van der Waals surface area (Å²) in [6.45, 7) is 1.48.